The van der Waals surface area contributed by atoms with Crippen molar-refractivity contribution in [2.75, 3.05) is 0 Å². The molecule has 2 N–H and O–H groups in total. The van der Waals surface area contributed by atoms with Crippen LogP contribution in [0.15, 0.2) is 58.7 Å². The lowest BCUT2D eigenvalue weighted by atomic mass is 9.81. The first-order valence-corrected chi connectivity index (χ1v) is 12.1. The van der Waals surface area contributed by atoms with Gasteiger partial charge in [0.15, 0.2) is 0 Å². The summed E-state index contributed by atoms with van der Waals surface area (Å²) >= 11 is 0.464. The second-order valence-corrected chi connectivity index (χ2v) is 10.5. The minimum atomic E-state index is -4.61. The molecule has 0 saturated heterocycles. The number of thioether (sulfide) groups is 1. The van der Waals surface area contributed by atoms with E-state index in [1.54, 1.807) is 20.8 Å². The van der Waals surface area contributed by atoms with E-state index in [4.69, 9.17) is 4.74 Å². The fourth-order valence-corrected chi connectivity index (χ4v) is 5.08. The fraction of sp³-hybridized carbons (Fsp3) is 0.440. The molecule has 0 radical (unpaired) electrons. The molecule has 12 heteroatoms. The van der Waals surface area contributed by atoms with E-state index < -0.39 is 57.3 Å². The molecule has 1 aromatic rings. The van der Waals surface area contributed by atoms with E-state index in [1.807, 2.05) is 0 Å². The standard InChI is InChI=1S/C25H25F6NO4S/c1-4-23(2,3)20(22(34)35)32-21(33)16-10-7-14-11-17(25(29,30)31)37-19(14)18(16)36-12-13-5-8-15(9-6-13)24(26,27)28/h5-11,14,19-20H,4,12H2,1-3H3,(H,32,33)(H,34,35). The largest absolute Gasteiger partial charge is 0.491 e. The van der Waals surface area contributed by atoms with Crippen LogP contribution >= 0.6 is 11.8 Å². The Morgan fingerprint density at radius 2 is 1.70 bits per heavy atom. The predicted molar refractivity (Wildman–Crippen MR) is 125 cm³/mol. The Morgan fingerprint density at radius 1 is 1.08 bits per heavy atom. The molecule has 37 heavy (non-hydrogen) atoms. The maximum absolute atomic E-state index is 13.4. The van der Waals surface area contributed by atoms with Crippen molar-refractivity contribution in [3.05, 3.63) is 69.9 Å². The minimum absolute atomic E-state index is 0.108. The van der Waals surface area contributed by atoms with Crippen LogP contribution in [0.25, 0.3) is 0 Å². The molecule has 202 valence electrons. The van der Waals surface area contributed by atoms with E-state index >= 15 is 0 Å². The zero-order chi connectivity index (χ0) is 27.8. The number of carboxylic acid groups (broad SMARTS) is 1. The maximum atomic E-state index is 13.4. The molecule has 1 amide bonds. The highest BCUT2D eigenvalue weighted by atomic mass is 32.2. The second-order valence-electron chi connectivity index (χ2n) is 9.35. The number of aliphatic carboxylic acids is 1. The number of rotatable bonds is 8. The molecule has 2 aliphatic rings. The smallest absolute Gasteiger partial charge is 0.421 e. The van der Waals surface area contributed by atoms with E-state index in [-0.39, 0.29) is 17.9 Å². The highest BCUT2D eigenvalue weighted by Crippen LogP contribution is 2.50. The molecule has 0 aromatic heterocycles. The summed E-state index contributed by atoms with van der Waals surface area (Å²) in [6.07, 6.45) is -5.03. The Kier molecular flexibility index (Phi) is 8.11. The van der Waals surface area contributed by atoms with Crippen LogP contribution in [0.5, 0.6) is 0 Å². The first kappa shape index (κ1) is 28.7. The van der Waals surface area contributed by atoms with E-state index in [0.717, 1.165) is 18.2 Å². The molecule has 0 spiro atoms. The van der Waals surface area contributed by atoms with Crippen molar-refractivity contribution < 1.29 is 45.8 Å². The van der Waals surface area contributed by atoms with Crippen molar-refractivity contribution in [2.45, 2.75) is 57.4 Å². The Labute approximate surface area is 213 Å². The van der Waals surface area contributed by atoms with Crippen LogP contribution in [0.3, 0.4) is 0 Å². The third kappa shape index (κ3) is 6.52. The lowest BCUT2D eigenvalue weighted by Crippen LogP contribution is -2.50. The van der Waals surface area contributed by atoms with Gasteiger partial charge in [-0.3, -0.25) is 4.79 Å². The summed E-state index contributed by atoms with van der Waals surface area (Å²) in [5.41, 5.74) is -1.55. The number of fused-ring (bicyclic) bond motifs is 1. The van der Waals surface area contributed by atoms with Gasteiger partial charge in [-0.15, -0.1) is 11.8 Å². The minimum Gasteiger partial charge on any atom is -0.491 e. The fourth-order valence-electron chi connectivity index (χ4n) is 3.81. The quantitative estimate of drug-likeness (QED) is 0.376. The summed E-state index contributed by atoms with van der Waals surface area (Å²) in [6.45, 7) is 4.75. The van der Waals surface area contributed by atoms with Gasteiger partial charge in [0.25, 0.3) is 5.91 Å². The predicted octanol–water partition coefficient (Wildman–Crippen LogP) is 6.23. The zero-order valence-electron chi connectivity index (χ0n) is 20.0. The van der Waals surface area contributed by atoms with Crippen molar-refractivity contribution in [3.8, 4) is 0 Å². The summed E-state index contributed by atoms with van der Waals surface area (Å²) < 4.78 is 84.5. The van der Waals surface area contributed by atoms with Gasteiger partial charge >= 0.3 is 18.3 Å². The topological polar surface area (TPSA) is 75.6 Å². The van der Waals surface area contributed by atoms with E-state index in [0.29, 0.717) is 23.7 Å². The Hall–Kier alpha value is -2.89. The molecule has 1 heterocycles. The summed E-state index contributed by atoms with van der Waals surface area (Å²) in [5, 5.41) is 11.2. The second kappa shape index (κ2) is 10.5. The summed E-state index contributed by atoms with van der Waals surface area (Å²) in [6, 6.07) is 2.75. The number of hydrogen-bond donors (Lipinski definition) is 2. The van der Waals surface area contributed by atoms with Gasteiger partial charge < -0.3 is 15.2 Å². The molecule has 3 unspecified atom stereocenters. The monoisotopic (exact) mass is 549 g/mol. The van der Waals surface area contributed by atoms with E-state index in [9.17, 15) is 41.0 Å². The van der Waals surface area contributed by atoms with Crippen LogP contribution in [0.1, 0.15) is 38.3 Å². The zero-order valence-corrected chi connectivity index (χ0v) is 20.9. The van der Waals surface area contributed by atoms with Gasteiger partial charge in [0, 0.05) is 5.92 Å². The maximum Gasteiger partial charge on any atom is 0.421 e. The third-order valence-corrected chi connectivity index (χ3v) is 7.77. The van der Waals surface area contributed by atoms with Gasteiger partial charge in [0.2, 0.25) is 0 Å². The SMILES string of the molecule is CCC(C)(C)C(NC(=O)C1=C(OCc2ccc(C(F)(F)F)cc2)C2SC(C(F)(F)F)=CC2C=C1)C(=O)O. The Bertz CT molecular complexity index is 1140. The van der Waals surface area contributed by atoms with Crippen molar-refractivity contribution in [1.29, 1.82) is 0 Å². The number of amides is 1. The number of hydrogen-bond acceptors (Lipinski definition) is 4. The van der Waals surface area contributed by atoms with Gasteiger partial charge in [-0.2, -0.15) is 26.3 Å². The first-order chi connectivity index (χ1) is 17.0. The third-order valence-electron chi connectivity index (χ3n) is 6.37. The Balaban J connectivity index is 1.92. The number of nitrogens with one attached hydrogen (secondary N) is 1. The first-order valence-electron chi connectivity index (χ1n) is 11.2. The number of carbonyl (C=O) groups excluding carboxylic acids is 1. The van der Waals surface area contributed by atoms with Gasteiger partial charge in [0.1, 0.15) is 18.4 Å². The van der Waals surface area contributed by atoms with Crippen LogP contribution in [-0.4, -0.2) is 34.5 Å². The summed E-state index contributed by atoms with van der Waals surface area (Å²) in [4.78, 5) is 24.2. The van der Waals surface area contributed by atoms with Crippen molar-refractivity contribution in [2.24, 2.45) is 11.3 Å². The highest BCUT2D eigenvalue weighted by Gasteiger charge is 2.46. The van der Waals surface area contributed by atoms with Gasteiger partial charge in [-0.1, -0.05) is 45.1 Å². The number of ether oxygens (including phenoxy) is 1. The number of carboxylic acids is 1. The van der Waals surface area contributed by atoms with Crippen LogP contribution in [0, 0.1) is 11.3 Å². The summed E-state index contributed by atoms with van der Waals surface area (Å²) in [5.74, 6) is -2.97. The molecule has 0 fully saturated rings. The molecule has 1 aromatic carbocycles. The van der Waals surface area contributed by atoms with Gasteiger partial charge in [-0.25, -0.2) is 4.79 Å². The molecular formula is C25H25F6NO4S. The molecule has 0 bridgehead atoms. The number of carbonyl (C=O) groups is 2. The van der Waals surface area contributed by atoms with E-state index in [1.165, 1.54) is 24.3 Å². The molecular weight excluding hydrogens is 524 g/mol. The van der Waals surface area contributed by atoms with Crippen molar-refractivity contribution in [3.63, 3.8) is 0 Å². The van der Waals surface area contributed by atoms with E-state index in [2.05, 4.69) is 5.32 Å². The van der Waals surface area contributed by atoms with Crippen LogP contribution in [0.4, 0.5) is 26.3 Å². The number of alkyl halides is 6. The number of allylic oxidation sites excluding steroid dienone is 3. The molecule has 1 aliphatic heterocycles. The van der Waals surface area contributed by atoms with Crippen LogP contribution in [-0.2, 0) is 27.1 Å². The molecule has 3 rings (SSSR count). The van der Waals surface area contributed by atoms with Crippen LogP contribution in [0.2, 0.25) is 0 Å². The normalized spacial score (nSPS) is 20.8. The Morgan fingerprint density at radius 3 is 2.22 bits per heavy atom. The lowest BCUT2D eigenvalue weighted by Gasteiger charge is -2.32. The molecule has 3 atom stereocenters. The molecule has 0 saturated carbocycles. The lowest BCUT2D eigenvalue weighted by molar-refractivity contribution is -0.144. The highest BCUT2D eigenvalue weighted by molar-refractivity contribution is 8.04. The van der Waals surface area contributed by atoms with Gasteiger partial charge in [0.05, 0.1) is 21.3 Å². The summed E-state index contributed by atoms with van der Waals surface area (Å²) in [7, 11) is 0. The van der Waals surface area contributed by atoms with Crippen molar-refractivity contribution in [1.82, 2.24) is 5.32 Å². The average Bonchev–Trinajstić information content (AvgIpc) is 3.25. The van der Waals surface area contributed by atoms with Crippen LogP contribution < -0.4 is 5.32 Å². The van der Waals surface area contributed by atoms with Crippen molar-refractivity contribution >= 4 is 23.6 Å². The average molecular weight is 550 g/mol. The number of halogens is 6. The van der Waals surface area contributed by atoms with Gasteiger partial charge in [-0.05, 0) is 35.6 Å². The molecule has 5 nitrogen and oxygen atoms in total. The molecule has 1 aliphatic carbocycles. The number of benzene rings is 1.